The van der Waals surface area contributed by atoms with Crippen molar-refractivity contribution in [1.29, 1.82) is 0 Å². The zero-order valence-electron chi connectivity index (χ0n) is 14.3. The van der Waals surface area contributed by atoms with Gasteiger partial charge in [0.15, 0.2) is 5.78 Å². The molecule has 3 aromatic rings. The predicted molar refractivity (Wildman–Crippen MR) is 100 cm³/mol. The molecule has 0 fully saturated rings. The van der Waals surface area contributed by atoms with Crippen LogP contribution >= 0.6 is 0 Å². The molecular formula is C20H20N2O3. The number of nitrogens with one attached hydrogen (secondary N) is 1. The molecule has 0 aliphatic carbocycles. The van der Waals surface area contributed by atoms with Crippen molar-refractivity contribution in [2.24, 2.45) is 0 Å². The Labute approximate surface area is 145 Å². The molecule has 0 spiro atoms. The van der Waals surface area contributed by atoms with Crippen LogP contribution in [-0.2, 0) is 0 Å². The van der Waals surface area contributed by atoms with E-state index in [1.165, 1.54) is 6.08 Å². The minimum absolute atomic E-state index is 0.0332. The molecule has 0 atom stereocenters. The molecule has 2 aromatic heterocycles. The lowest BCUT2D eigenvalue weighted by atomic mass is 10.1. The Bertz CT molecular complexity index is 964. The maximum Gasteiger partial charge on any atom is 0.347 e. The third-order valence-electron chi connectivity index (χ3n) is 4.15. The fourth-order valence-electron chi connectivity index (χ4n) is 2.76. The van der Waals surface area contributed by atoms with E-state index in [-0.39, 0.29) is 11.3 Å². The van der Waals surface area contributed by atoms with E-state index >= 15 is 0 Å². The Morgan fingerprint density at radius 3 is 2.68 bits per heavy atom. The monoisotopic (exact) mass is 336 g/mol. The number of benzene rings is 1. The molecule has 0 aliphatic heterocycles. The summed E-state index contributed by atoms with van der Waals surface area (Å²) in [6.45, 7) is 5.88. The molecule has 0 aliphatic rings. The second kappa shape index (κ2) is 7.21. The van der Waals surface area contributed by atoms with Crippen molar-refractivity contribution in [3.63, 3.8) is 0 Å². The first-order chi connectivity index (χ1) is 12.1. The van der Waals surface area contributed by atoms with Gasteiger partial charge in [-0.25, -0.2) is 4.79 Å². The van der Waals surface area contributed by atoms with Crippen LogP contribution in [0.3, 0.4) is 0 Å². The van der Waals surface area contributed by atoms with Crippen LogP contribution in [-0.4, -0.2) is 23.9 Å². The summed E-state index contributed by atoms with van der Waals surface area (Å²) in [6, 6.07) is 10.9. The molecule has 5 heteroatoms. The van der Waals surface area contributed by atoms with Gasteiger partial charge >= 0.3 is 5.63 Å². The number of H-pyrrole nitrogens is 1. The van der Waals surface area contributed by atoms with Gasteiger partial charge in [0.05, 0.1) is 0 Å². The number of nitrogens with zero attached hydrogens (tertiary/aromatic N) is 1. The van der Waals surface area contributed by atoms with Gasteiger partial charge in [0.1, 0.15) is 11.1 Å². The van der Waals surface area contributed by atoms with Gasteiger partial charge in [0.2, 0.25) is 0 Å². The van der Waals surface area contributed by atoms with Crippen molar-refractivity contribution >= 4 is 28.5 Å². The van der Waals surface area contributed by atoms with Crippen molar-refractivity contribution < 1.29 is 9.21 Å². The second-order valence-corrected chi connectivity index (χ2v) is 5.66. The molecule has 1 N–H and O–H groups in total. The van der Waals surface area contributed by atoms with E-state index in [4.69, 9.17) is 4.42 Å². The Hall–Kier alpha value is -3.08. The summed E-state index contributed by atoms with van der Waals surface area (Å²) in [5, 5.41) is 0.729. The van der Waals surface area contributed by atoms with Gasteiger partial charge in [-0.2, -0.15) is 0 Å². The topological polar surface area (TPSA) is 66.3 Å². The van der Waals surface area contributed by atoms with Crippen LogP contribution in [0.1, 0.15) is 29.9 Å². The van der Waals surface area contributed by atoms with Crippen LogP contribution in [0.5, 0.6) is 0 Å². The van der Waals surface area contributed by atoms with Crippen LogP contribution < -0.4 is 10.5 Å². The lowest BCUT2D eigenvalue weighted by Crippen LogP contribution is -2.21. The summed E-state index contributed by atoms with van der Waals surface area (Å²) >= 11 is 0. The molecule has 1 aromatic carbocycles. The quantitative estimate of drug-likeness (QED) is 0.422. The first-order valence-corrected chi connectivity index (χ1v) is 8.31. The SMILES string of the molecule is CCN(CC)c1ccc2cc(C(=O)/C=C/c3ccc[nH]3)c(=O)oc2c1. The van der Waals surface area contributed by atoms with Gasteiger partial charge in [0.25, 0.3) is 0 Å². The number of fused-ring (bicyclic) bond motifs is 1. The summed E-state index contributed by atoms with van der Waals surface area (Å²) in [7, 11) is 0. The number of aromatic nitrogens is 1. The first-order valence-electron chi connectivity index (χ1n) is 8.31. The Kier molecular flexibility index (Phi) is 4.84. The van der Waals surface area contributed by atoms with E-state index in [1.807, 2.05) is 30.3 Å². The zero-order valence-corrected chi connectivity index (χ0v) is 14.3. The molecule has 0 bridgehead atoms. The Morgan fingerprint density at radius 1 is 1.20 bits per heavy atom. The zero-order chi connectivity index (χ0) is 17.8. The van der Waals surface area contributed by atoms with Gasteiger partial charge in [-0.05, 0) is 56.3 Å². The van der Waals surface area contributed by atoms with Crippen LogP contribution in [0.2, 0.25) is 0 Å². The van der Waals surface area contributed by atoms with E-state index in [0.29, 0.717) is 5.58 Å². The van der Waals surface area contributed by atoms with Gasteiger partial charge in [0, 0.05) is 42.1 Å². The molecule has 0 radical (unpaired) electrons. The van der Waals surface area contributed by atoms with Crippen LogP contribution in [0.4, 0.5) is 5.69 Å². The van der Waals surface area contributed by atoms with Crippen molar-refractivity contribution in [1.82, 2.24) is 4.98 Å². The molecule has 0 saturated carbocycles. The third-order valence-corrected chi connectivity index (χ3v) is 4.15. The number of carbonyl (C=O) groups is 1. The number of anilines is 1. The summed E-state index contributed by atoms with van der Waals surface area (Å²) in [4.78, 5) is 29.7. The standard InChI is InChI=1S/C20H20N2O3/c1-3-22(4-2)16-9-7-14-12-17(20(24)25-19(14)13-16)18(23)10-8-15-6-5-11-21-15/h5-13,21H,3-4H2,1-2H3/b10-8+. The van der Waals surface area contributed by atoms with Crippen molar-refractivity contribution in [2.75, 3.05) is 18.0 Å². The maximum absolute atomic E-state index is 12.3. The number of carbonyl (C=O) groups excluding carboxylic acids is 1. The molecular weight excluding hydrogens is 316 g/mol. The highest BCUT2D eigenvalue weighted by molar-refractivity contribution is 6.07. The van der Waals surface area contributed by atoms with Crippen molar-refractivity contribution in [3.05, 3.63) is 70.3 Å². The number of allylic oxidation sites excluding steroid dienone is 1. The van der Waals surface area contributed by atoms with Crippen LogP contribution in [0, 0.1) is 0 Å². The number of ketones is 1. The van der Waals surface area contributed by atoms with Crippen LogP contribution in [0.15, 0.2) is 57.9 Å². The summed E-state index contributed by atoms with van der Waals surface area (Å²) < 4.78 is 5.39. The molecule has 2 heterocycles. The molecule has 0 unspecified atom stereocenters. The average Bonchev–Trinajstić information content (AvgIpc) is 3.13. The summed E-state index contributed by atoms with van der Waals surface area (Å²) in [5.41, 5.74) is 1.68. The summed E-state index contributed by atoms with van der Waals surface area (Å²) in [5.74, 6) is -0.377. The third kappa shape index (κ3) is 3.55. The fraction of sp³-hybridized carbons (Fsp3) is 0.200. The number of hydrogen-bond donors (Lipinski definition) is 1. The van der Waals surface area contributed by atoms with Gasteiger partial charge in [-0.15, -0.1) is 0 Å². The Balaban J connectivity index is 1.95. The lowest BCUT2D eigenvalue weighted by molar-refractivity contribution is 0.104. The van der Waals surface area contributed by atoms with Gasteiger partial charge in [-0.3, -0.25) is 4.79 Å². The van der Waals surface area contributed by atoms with Crippen molar-refractivity contribution in [3.8, 4) is 0 Å². The van der Waals surface area contributed by atoms with E-state index in [0.717, 1.165) is 29.9 Å². The van der Waals surface area contributed by atoms with E-state index in [2.05, 4.69) is 23.7 Å². The van der Waals surface area contributed by atoms with Gasteiger partial charge in [-0.1, -0.05) is 0 Å². The van der Waals surface area contributed by atoms with Gasteiger partial charge < -0.3 is 14.3 Å². The maximum atomic E-state index is 12.3. The lowest BCUT2D eigenvalue weighted by Gasteiger charge is -2.20. The highest BCUT2D eigenvalue weighted by atomic mass is 16.4. The minimum Gasteiger partial charge on any atom is -0.422 e. The smallest absolute Gasteiger partial charge is 0.347 e. The highest BCUT2D eigenvalue weighted by Gasteiger charge is 2.12. The molecule has 3 rings (SSSR count). The van der Waals surface area contributed by atoms with E-state index in [1.54, 1.807) is 18.3 Å². The van der Waals surface area contributed by atoms with Crippen molar-refractivity contribution in [2.45, 2.75) is 13.8 Å². The summed E-state index contributed by atoms with van der Waals surface area (Å²) in [6.07, 6.45) is 4.77. The minimum atomic E-state index is -0.620. The van der Waals surface area contributed by atoms with E-state index < -0.39 is 5.63 Å². The molecule has 5 nitrogen and oxygen atoms in total. The first kappa shape index (κ1) is 16.8. The molecule has 128 valence electrons. The van der Waals surface area contributed by atoms with E-state index in [9.17, 15) is 9.59 Å². The number of hydrogen-bond acceptors (Lipinski definition) is 4. The van der Waals surface area contributed by atoms with Crippen LogP contribution in [0.25, 0.3) is 17.0 Å². The largest absolute Gasteiger partial charge is 0.422 e. The fourth-order valence-corrected chi connectivity index (χ4v) is 2.76. The number of aromatic amines is 1. The molecule has 25 heavy (non-hydrogen) atoms. The number of rotatable bonds is 6. The highest BCUT2D eigenvalue weighted by Crippen LogP contribution is 2.22. The predicted octanol–water partition coefficient (Wildman–Crippen LogP) is 3.86. The normalized spacial score (nSPS) is 11.3. The molecule has 0 saturated heterocycles. The Morgan fingerprint density at radius 2 is 2.00 bits per heavy atom. The second-order valence-electron chi connectivity index (χ2n) is 5.66. The average molecular weight is 336 g/mol. The molecule has 0 amide bonds.